The van der Waals surface area contributed by atoms with Crippen LogP contribution >= 0.6 is 0 Å². The van der Waals surface area contributed by atoms with Crippen molar-refractivity contribution in [3.63, 3.8) is 0 Å². The summed E-state index contributed by atoms with van der Waals surface area (Å²) in [6.45, 7) is 5.85. The SMILES string of the molecule is CCCN(CC(NC)c1cc(C)cc(C)c1)CC(F)(F)F. The fraction of sp³-hybridized carbons (Fsp3) is 0.625. The van der Waals surface area contributed by atoms with Crippen LogP contribution < -0.4 is 5.32 Å². The standard InChI is InChI=1S/C16H25F3N2/c1-5-6-21(11-16(17,18)19)10-15(20-4)14-8-12(2)7-13(3)9-14/h7-9,15,20H,5-6,10-11H2,1-4H3. The van der Waals surface area contributed by atoms with Gasteiger partial charge in [0.2, 0.25) is 0 Å². The molecule has 0 heterocycles. The Hall–Kier alpha value is -1.07. The average Bonchev–Trinajstić information content (AvgIpc) is 2.32. The lowest BCUT2D eigenvalue weighted by Crippen LogP contribution is -2.40. The van der Waals surface area contributed by atoms with E-state index in [0.29, 0.717) is 19.5 Å². The zero-order valence-electron chi connectivity index (χ0n) is 13.2. The van der Waals surface area contributed by atoms with E-state index in [4.69, 9.17) is 0 Å². The van der Waals surface area contributed by atoms with Crippen molar-refractivity contribution in [1.82, 2.24) is 10.2 Å². The molecule has 5 heteroatoms. The third-order valence-corrected chi connectivity index (χ3v) is 3.38. The van der Waals surface area contributed by atoms with E-state index in [1.54, 1.807) is 7.05 Å². The molecule has 0 aromatic heterocycles. The highest BCUT2D eigenvalue weighted by Crippen LogP contribution is 2.21. The quantitative estimate of drug-likeness (QED) is 0.823. The van der Waals surface area contributed by atoms with Crippen molar-refractivity contribution in [2.24, 2.45) is 0 Å². The number of benzene rings is 1. The van der Waals surface area contributed by atoms with E-state index >= 15 is 0 Å². The van der Waals surface area contributed by atoms with Gasteiger partial charge in [-0.1, -0.05) is 36.2 Å². The van der Waals surface area contributed by atoms with Crippen molar-refractivity contribution in [2.45, 2.75) is 39.4 Å². The van der Waals surface area contributed by atoms with Gasteiger partial charge in [-0.05, 0) is 39.4 Å². The molecule has 1 N–H and O–H groups in total. The topological polar surface area (TPSA) is 15.3 Å². The van der Waals surface area contributed by atoms with E-state index in [0.717, 1.165) is 16.7 Å². The molecule has 0 aliphatic heterocycles. The third-order valence-electron chi connectivity index (χ3n) is 3.38. The number of nitrogens with one attached hydrogen (secondary N) is 1. The lowest BCUT2D eigenvalue weighted by Gasteiger charge is -2.28. The monoisotopic (exact) mass is 302 g/mol. The first kappa shape index (κ1) is 18.0. The van der Waals surface area contributed by atoms with E-state index in [1.165, 1.54) is 4.90 Å². The summed E-state index contributed by atoms with van der Waals surface area (Å²) in [6.07, 6.45) is -3.45. The van der Waals surface area contributed by atoms with E-state index in [-0.39, 0.29) is 6.04 Å². The van der Waals surface area contributed by atoms with Crippen molar-refractivity contribution >= 4 is 0 Å². The van der Waals surface area contributed by atoms with E-state index in [9.17, 15) is 13.2 Å². The first-order valence-electron chi connectivity index (χ1n) is 7.29. The van der Waals surface area contributed by atoms with Crippen LogP contribution in [-0.2, 0) is 0 Å². The number of halogens is 3. The Labute approximate surface area is 125 Å². The van der Waals surface area contributed by atoms with Gasteiger partial charge in [0.1, 0.15) is 0 Å². The Morgan fingerprint density at radius 2 is 1.71 bits per heavy atom. The van der Waals surface area contributed by atoms with Crippen molar-refractivity contribution in [1.29, 1.82) is 0 Å². The minimum absolute atomic E-state index is 0.0995. The summed E-state index contributed by atoms with van der Waals surface area (Å²) in [7, 11) is 1.79. The number of hydrogen-bond donors (Lipinski definition) is 1. The number of nitrogens with zero attached hydrogens (tertiary/aromatic N) is 1. The molecule has 0 aliphatic carbocycles. The van der Waals surface area contributed by atoms with Crippen LogP contribution in [0.2, 0.25) is 0 Å². The number of likely N-dealkylation sites (N-methyl/N-ethyl adjacent to an activating group) is 1. The predicted octanol–water partition coefficient (Wildman–Crippen LogP) is 3.84. The lowest BCUT2D eigenvalue weighted by molar-refractivity contribution is -0.146. The summed E-state index contributed by atoms with van der Waals surface area (Å²) in [4.78, 5) is 1.47. The smallest absolute Gasteiger partial charge is 0.312 e. The molecule has 0 saturated heterocycles. The number of hydrogen-bond acceptors (Lipinski definition) is 2. The largest absolute Gasteiger partial charge is 0.401 e. The molecule has 0 saturated carbocycles. The van der Waals surface area contributed by atoms with Gasteiger partial charge in [-0.3, -0.25) is 4.90 Å². The first-order chi connectivity index (χ1) is 9.75. The molecule has 1 aromatic rings. The van der Waals surface area contributed by atoms with Crippen molar-refractivity contribution in [2.75, 3.05) is 26.7 Å². The van der Waals surface area contributed by atoms with Crippen molar-refractivity contribution in [3.8, 4) is 0 Å². The van der Waals surface area contributed by atoms with Crippen molar-refractivity contribution < 1.29 is 13.2 Å². The van der Waals surface area contributed by atoms with E-state index in [2.05, 4.69) is 11.4 Å². The molecule has 0 spiro atoms. The summed E-state index contributed by atoms with van der Waals surface area (Å²) < 4.78 is 38.0. The summed E-state index contributed by atoms with van der Waals surface area (Å²) in [5, 5.41) is 3.14. The maximum atomic E-state index is 12.7. The Kier molecular flexibility index (Phi) is 6.68. The number of alkyl halides is 3. The molecule has 0 radical (unpaired) electrons. The highest BCUT2D eigenvalue weighted by atomic mass is 19.4. The zero-order valence-corrected chi connectivity index (χ0v) is 13.2. The van der Waals surface area contributed by atoms with E-state index < -0.39 is 12.7 Å². The Balaban J connectivity index is 2.87. The van der Waals surface area contributed by atoms with Gasteiger partial charge in [0.25, 0.3) is 0 Å². The Morgan fingerprint density at radius 1 is 1.14 bits per heavy atom. The van der Waals surface area contributed by atoms with Gasteiger partial charge in [0, 0.05) is 12.6 Å². The minimum Gasteiger partial charge on any atom is -0.312 e. The fourth-order valence-electron chi connectivity index (χ4n) is 2.64. The van der Waals surface area contributed by atoms with Crippen LogP contribution in [0.5, 0.6) is 0 Å². The molecule has 1 unspecified atom stereocenters. The average molecular weight is 302 g/mol. The van der Waals surface area contributed by atoms with Crippen LogP contribution in [0.1, 0.15) is 36.1 Å². The van der Waals surface area contributed by atoms with Gasteiger partial charge < -0.3 is 5.32 Å². The summed E-state index contributed by atoms with van der Waals surface area (Å²) in [5.74, 6) is 0. The second kappa shape index (κ2) is 7.80. The summed E-state index contributed by atoms with van der Waals surface area (Å²) in [5.41, 5.74) is 3.30. The zero-order chi connectivity index (χ0) is 16.0. The van der Waals surface area contributed by atoms with Crippen LogP contribution in [0.15, 0.2) is 18.2 Å². The maximum Gasteiger partial charge on any atom is 0.401 e. The van der Waals surface area contributed by atoms with Crippen LogP contribution in [0, 0.1) is 13.8 Å². The Morgan fingerprint density at radius 3 is 2.14 bits per heavy atom. The van der Waals surface area contributed by atoms with Crippen LogP contribution in [-0.4, -0.2) is 37.8 Å². The van der Waals surface area contributed by atoms with Gasteiger partial charge in [-0.2, -0.15) is 13.2 Å². The molecular weight excluding hydrogens is 277 g/mol. The third kappa shape index (κ3) is 6.48. The number of rotatable bonds is 7. The molecular formula is C16H25F3N2. The maximum absolute atomic E-state index is 12.7. The molecule has 1 aromatic carbocycles. The van der Waals surface area contributed by atoms with Gasteiger partial charge in [0.05, 0.1) is 6.54 Å². The predicted molar refractivity (Wildman–Crippen MR) is 80.5 cm³/mol. The molecule has 120 valence electrons. The molecule has 0 bridgehead atoms. The summed E-state index contributed by atoms with van der Waals surface area (Å²) >= 11 is 0. The lowest BCUT2D eigenvalue weighted by atomic mass is 10.0. The number of aryl methyl sites for hydroxylation is 2. The van der Waals surface area contributed by atoms with Crippen LogP contribution in [0.3, 0.4) is 0 Å². The molecule has 0 amide bonds. The molecule has 0 aliphatic rings. The molecule has 2 nitrogen and oxygen atoms in total. The van der Waals surface area contributed by atoms with Crippen LogP contribution in [0.4, 0.5) is 13.2 Å². The molecule has 1 rings (SSSR count). The first-order valence-corrected chi connectivity index (χ1v) is 7.29. The van der Waals surface area contributed by atoms with Gasteiger partial charge in [0.15, 0.2) is 0 Å². The normalized spacial score (nSPS) is 13.7. The van der Waals surface area contributed by atoms with Gasteiger partial charge >= 0.3 is 6.18 Å². The highest BCUT2D eigenvalue weighted by molar-refractivity contribution is 5.30. The second-order valence-electron chi connectivity index (χ2n) is 5.61. The second-order valence-corrected chi connectivity index (χ2v) is 5.61. The molecule has 21 heavy (non-hydrogen) atoms. The van der Waals surface area contributed by atoms with E-state index in [1.807, 2.05) is 32.9 Å². The molecule has 1 atom stereocenters. The fourth-order valence-corrected chi connectivity index (χ4v) is 2.64. The van der Waals surface area contributed by atoms with Crippen LogP contribution in [0.25, 0.3) is 0 Å². The summed E-state index contributed by atoms with van der Waals surface area (Å²) in [6, 6.07) is 6.03. The Bertz CT molecular complexity index is 423. The van der Waals surface area contributed by atoms with Gasteiger partial charge in [-0.25, -0.2) is 0 Å². The highest BCUT2D eigenvalue weighted by Gasteiger charge is 2.31. The van der Waals surface area contributed by atoms with Crippen molar-refractivity contribution in [3.05, 3.63) is 34.9 Å². The minimum atomic E-state index is -4.16. The molecule has 0 fully saturated rings. The van der Waals surface area contributed by atoms with Gasteiger partial charge in [-0.15, -0.1) is 0 Å².